The summed E-state index contributed by atoms with van der Waals surface area (Å²) < 4.78 is 5.88. The standard InChI is InChI=1S/C31H36Cl2N2O3/c1-5-22(4)34-31(37)29(18-23-9-7-6-8-10-23)35(19-24-11-16-27(32)28(33)17-24)30(36)20-38-26-14-12-25(13-15-26)21(2)3/h6-17,21-22,29H,5,18-20H2,1-4H3,(H,34,37). The van der Waals surface area contributed by atoms with Crippen LogP contribution in [0.2, 0.25) is 10.0 Å². The van der Waals surface area contributed by atoms with Crippen LogP contribution in [-0.2, 0) is 22.6 Å². The molecule has 2 unspecified atom stereocenters. The highest BCUT2D eigenvalue weighted by molar-refractivity contribution is 6.42. The van der Waals surface area contributed by atoms with Gasteiger partial charge in [-0.3, -0.25) is 9.59 Å². The molecule has 38 heavy (non-hydrogen) atoms. The van der Waals surface area contributed by atoms with Crippen LogP contribution in [-0.4, -0.2) is 35.4 Å². The van der Waals surface area contributed by atoms with Crippen LogP contribution < -0.4 is 10.1 Å². The first-order valence-electron chi connectivity index (χ1n) is 13.0. The topological polar surface area (TPSA) is 58.6 Å². The summed E-state index contributed by atoms with van der Waals surface area (Å²) in [5.41, 5.74) is 2.91. The van der Waals surface area contributed by atoms with Crippen molar-refractivity contribution in [3.05, 3.63) is 99.5 Å². The largest absolute Gasteiger partial charge is 0.484 e. The number of amides is 2. The molecule has 3 aromatic carbocycles. The Hall–Kier alpha value is -3.02. The molecule has 0 saturated heterocycles. The Morgan fingerprint density at radius 2 is 1.58 bits per heavy atom. The third-order valence-electron chi connectivity index (χ3n) is 6.52. The highest BCUT2D eigenvalue weighted by Gasteiger charge is 2.31. The molecule has 1 N–H and O–H groups in total. The summed E-state index contributed by atoms with van der Waals surface area (Å²) in [6.45, 7) is 8.18. The summed E-state index contributed by atoms with van der Waals surface area (Å²) >= 11 is 12.4. The summed E-state index contributed by atoms with van der Waals surface area (Å²) in [6.07, 6.45) is 1.14. The van der Waals surface area contributed by atoms with E-state index in [-0.39, 0.29) is 31.0 Å². The van der Waals surface area contributed by atoms with Crippen LogP contribution in [0, 0.1) is 0 Å². The summed E-state index contributed by atoms with van der Waals surface area (Å²) in [5, 5.41) is 3.88. The summed E-state index contributed by atoms with van der Waals surface area (Å²) in [4.78, 5) is 28.8. The molecule has 0 bridgehead atoms. The highest BCUT2D eigenvalue weighted by Crippen LogP contribution is 2.25. The van der Waals surface area contributed by atoms with E-state index in [1.54, 1.807) is 17.0 Å². The van der Waals surface area contributed by atoms with Gasteiger partial charge in [0.2, 0.25) is 5.91 Å². The van der Waals surface area contributed by atoms with Gasteiger partial charge in [-0.2, -0.15) is 0 Å². The van der Waals surface area contributed by atoms with E-state index in [1.807, 2.05) is 74.5 Å². The first-order chi connectivity index (χ1) is 18.2. The van der Waals surface area contributed by atoms with Gasteiger partial charge in [0.15, 0.2) is 6.61 Å². The van der Waals surface area contributed by atoms with E-state index < -0.39 is 6.04 Å². The van der Waals surface area contributed by atoms with E-state index in [4.69, 9.17) is 27.9 Å². The Morgan fingerprint density at radius 1 is 0.895 bits per heavy atom. The molecule has 2 atom stereocenters. The van der Waals surface area contributed by atoms with Crippen molar-refractivity contribution in [1.82, 2.24) is 10.2 Å². The van der Waals surface area contributed by atoms with Gasteiger partial charge in [-0.15, -0.1) is 0 Å². The normalized spacial score (nSPS) is 12.6. The Morgan fingerprint density at radius 3 is 2.18 bits per heavy atom. The Kier molecular flexibility index (Phi) is 11.1. The molecule has 0 heterocycles. The molecule has 2 amide bonds. The predicted molar refractivity (Wildman–Crippen MR) is 155 cm³/mol. The molecule has 3 rings (SSSR count). The van der Waals surface area contributed by atoms with Crippen molar-refractivity contribution in [1.29, 1.82) is 0 Å². The molecule has 0 fully saturated rings. The quantitative estimate of drug-likeness (QED) is 0.261. The fraction of sp³-hybridized carbons (Fsp3) is 0.355. The summed E-state index contributed by atoms with van der Waals surface area (Å²) in [6, 6.07) is 21.9. The fourth-order valence-electron chi connectivity index (χ4n) is 4.01. The van der Waals surface area contributed by atoms with Gasteiger partial charge in [-0.25, -0.2) is 0 Å². The van der Waals surface area contributed by atoms with E-state index in [9.17, 15) is 9.59 Å². The van der Waals surface area contributed by atoms with E-state index in [1.165, 1.54) is 5.56 Å². The van der Waals surface area contributed by atoms with Crippen molar-refractivity contribution in [3.63, 3.8) is 0 Å². The first-order valence-corrected chi connectivity index (χ1v) is 13.7. The number of nitrogens with zero attached hydrogens (tertiary/aromatic N) is 1. The van der Waals surface area contributed by atoms with Crippen LogP contribution in [0.25, 0.3) is 0 Å². The van der Waals surface area contributed by atoms with Crippen LogP contribution in [0.15, 0.2) is 72.8 Å². The second-order valence-corrected chi connectivity index (χ2v) is 10.6. The number of hydrogen-bond acceptors (Lipinski definition) is 3. The van der Waals surface area contributed by atoms with Crippen LogP contribution >= 0.6 is 23.2 Å². The zero-order valence-electron chi connectivity index (χ0n) is 22.4. The lowest BCUT2D eigenvalue weighted by Crippen LogP contribution is -2.53. The van der Waals surface area contributed by atoms with Crippen molar-refractivity contribution >= 4 is 35.0 Å². The Bertz CT molecular complexity index is 1200. The molecule has 0 spiro atoms. The molecule has 0 radical (unpaired) electrons. The number of benzene rings is 3. The second-order valence-electron chi connectivity index (χ2n) is 9.81. The molecule has 0 aliphatic heterocycles. The lowest BCUT2D eigenvalue weighted by Gasteiger charge is -2.32. The third kappa shape index (κ3) is 8.50. The smallest absolute Gasteiger partial charge is 0.261 e. The van der Waals surface area contributed by atoms with Gasteiger partial charge in [-0.1, -0.05) is 92.5 Å². The van der Waals surface area contributed by atoms with Crippen LogP contribution in [0.1, 0.15) is 56.7 Å². The van der Waals surface area contributed by atoms with Crippen LogP contribution in [0.3, 0.4) is 0 Å². The highest BCUT2D eigenvalue weighted by atomic mass is 35.5. The number of ether oxygens (including phenoxy) is 1. The maximum absolute atomic E-state index is 13.7. The number of rotatable bonds is 12. The van der Waals surface area contributed by atoms with Gasteiger partial charge < -0.3 is 15.0 Å². The van der Waals surface area contributed by atoms with Crippen molar-refractivity contribution in [3.8, 4) is 5.75 Å². The molecule has 0 aromatic heterocycles. The van der Waals surface area contributed by atoms with E-state index in [0.29, 0.717) is 28.1 Å². The van der Waals surface area contributed by atoms with E-state index >= 15 is 0 Å². The fourth-order valence-corrected chi connectivity index (χ4v) is 4.33. The molecule has 3 aromatic rings. The lowest BCUT2D eigenvalue weighted by molar-refractivity contribution is -0.143. The SMILES string of the molecule is CCC(C)NC(=O)C(Cc1ccccc1)N(Cc1ccc(Cl)c(Cl)c1)C(=O)COc1ccc(C(C)C)cc1. The van der Waals surface area contributed by atoms with Crippen molar-refractivity contribution in [2.24, 2.45) is 0 Å². The number of carbonyl (C=O) groups is 2. The van der Waals surface area contributed by atoms with Gasteiger partial charge in [0.05, 0.1) is 10.0 Å². The summed E-state index contributed by atoms with van der Waals surface area (Å²) in [5.74, 6) is 0.484. The zero-order valence-corrected chi connectivity index (χ0v) is 23.9. The first kappa shape index (κ1) is 29.5. The average molecular weight is 556 g/mol. The zero-order chi connectivity index (χ0) is 27.7. The van der Waals surface area contributed by atoms with E-state index in [2.05, 4.69) is 19.2 Å². The average Bonchev–Trinajstić information content (AvgIpc) is 2.91. The maximum atomic E-state index is 13.7. The monoisotopic (exact) mass is 554 g/mol. The predicted octanol–water partition coefficient (Wildman–Crippen LogP) is 7.05. The molecule has 202 valence electrons. The molecular weight excluding hydrogens is 519 g/mol. The summed E-state index contributed by atoms with van der Waals surface area (Å²) in [7, 11) is 0. The molecule has 0 saturated carbocycles. The molecular formula is C31H36Cl2N2O3. The number of hydrogen-bond donors (Lipinski definition) is 1. The van der Waals surface area contributed by atoms with Gasteiger partial charge in [-0.05, 0) is 60.2 Å². The molecule has 7 heteroatoms. The minimum Gasteiger partial charge on any atom is -0.484 e. The minimum atomic E-state index is -0.750. The number of nitrogens with one attached hydrogen (secondary N) is 1. The van der Waals surface area contributed by atoms with Crippen LogP contribution in [0.5, 0.6) is 5.75 Å². The van der Waals surface area contributed by atoms with E-state index in [0.717, 1.165) is 17.5 Å². The van der Waals surface area contributed by atoms with Gasteiger partial charge in [0.25, 0.3) is 5.91 Å². The van der Waals surface area contributed by atoms with Gasteiger partial charge in [0, 0.05) is 19.0 Å². The number of halogens is 2. The minimum absolute atomic E-state index is 0.0292. The Balaban J connectivity index is 1.91. The Labute approximate surface area is 236 Å². The van der Waals surface area contributed by atoms with Crippen molar-refractivity contribution < 1.29 is 14.3 Å². The third-order valence-corrected chi connectivity index (χ3v) is 7.26. The molecule has 0 aliphatic carbocycles. The maximum Gasteiger partial charge on any atom is 0.261 e. The second kappa shape index (κ2) is 14.2. The van der Waals surface area contributed by atoms with Gasteiger partial charge >= 0.3 is 0 Å². The van der Waals surface area contributed by atoms with Crippen LogP contribution in [0.4, 0.5) is 0 Å². The number of carbonyl (C=O) groups excluding carboxylic acids is 2. The van der Waals surface area contributed by atoms with Gasteiger partial charge in [0.1, 0.15) is 11.8 Å². The van der Waals surface area contributed by atoms with Crippen molar-refractivity contribution in [2.75, 3.05) is 6.61 Å². The molecule has 0 aliphatic rings. The molecule has 5 nitrogen and oxygen atoms in total. The lowest BCUT2D eigenvalue weighted by atomic mass is 10.0. The van der Waals surface area contributed by atoms with Crippen molar-refractivity contribution in [2.45, 2.75) is 65.1 Å².